The van der Waals surface area contributed by atoms with Crippen LogP contribution in [0.1, 0.15) is 44.5 Å². The maximum atomic E-state index is 12.9. The maximum Gasteiger partial charge on any atom is 0.246 e. The summed E-state index contributed by atoms with van der Waals surface area (Å²) in [4.78, 5) is 17.9. The first-order chi connectivity index (χ1) is 13.6. The largest absolute Gasteiger partial charge is 0.348 e. The molecule has 2 aromatic rings. The minimum Gasteiger partial charge on any atom is -0.348 e. The third-order valence-corrected chi connectivity index (χ3v) is 8.43. The molecule has 158 valence electrons. The minimum atomic E-state index is -3.71. The van der Waals surface area contributed by atoms with Crippen LogP contribution in [0.3, 0.4) is 0 Å². The summed E-state index contributed by atoms with van der Waals surface area (Å²) in [5.41, 5.74) is -0.123. The number of piperidine rings is 1. The Bertz CT molecular complexity index is 948. The van der Waals surface area contributed by atoms with Gasteiger partial charge in [-0.2, -0.15) is 4.31 Å². The quantitative estimate of drug-likeness (QED) is 0.688. The van der Waals surface area contributed by atoms with Crippen molar-refractivity contribution in [3.63, 3.8) is 0 Å². The Morgan fingerprint density at radius 2 is 1.97 bits per heavy atom. The lowest BCUT2D eigenvalue weighted by molar-refractivity contribution is -0.127. The molecule has 0 saturated carbocycles. The molecule has 1 aliphatic rings. The van der Waals surface area contributed by atoms with Crippen molar-refractivity contribution in [3.8, 4) is 0 Å². The molecule has 1 fully saturated rings. The number of aromatic nitrogens is 1. The lowest BCUT2D eigenvalue weighted by atomic mass is 9.85. The minimum absolute atomic E-state index is 0.00931. The standard InChI is InChI=1S/C20H26ClN3O3S2/c1-20(2,3)17(15-6-5-13-28-15)23-19(25)14-8-11-24(12-9-14)29(26,27)16-7-4-10-22-18(16)21/h4-7,10,13-14,17H,8-9,11-12H2,1-3H3,(H,23,25). The van der Waals surface area contributed by atoms with Crippen LogP contribution in [0, 0.1) is 11.3 Å². The van der Waals surface area contributed by atoms with Crippen molar-refractivity contribution in [2.75, 3.05) is 13.1 Å². The molecular formula is C20H26ClN3O3S2. The van der Waals surface area contributed by atoms with Crippen LogP contribution < -0.4 is 5.32 Å². The van der Waals surface area contributed by atoms with Crippen molar-refractivity contribution < 1.29 is 13.2 Å². The van der Waals surface area contributed by atoms with E-state index < -0.39 is 10.0 Å². The van der Waals surface area contributed by atoms with Gasteiger partial charge in [-0.3, -0.25) is 4.79 Å². The fourth-order valence-electron chi connectivity index (χ4n) is 3.49. The monoisotopic (exact) mass is 455 g/mol. The fraction of sp³-hybridized carbons (Fsp3) is 0.500. The normalized spacial score (nSPS) is 17.8. The van der Waals surface area contributed by atoms with Crippen LogP contribution in [0.2, 0.25) is 5.15 Å². The van der Waals surface area contributed by atoms with E-state index in [0.29, 0.717) is 12.8 Å². The third-order valence-electron chi connectivity index (χ3n) is 5.15. The van der Waals surface area contributed by atoms with Crippen molar-refractivity contribution >= 4 is 38.9 Å². The van der Waals surface area contributed by atoms with E-state index in [1.165, 1.54) is 16.6 Å². The molecule has 0 spiro atoms. The number of rotatable bonds is 5. The molecule has 1 aliphatic heterocycles. The van der Waals surface area contributed by atoms with Gasteiger partial charge in [0.25, 0.3) is 0 Å². The van der Waals surface area contributed by atoms with Gasteiger partial charge in [0.1, 0.15) is 10.0 Å². The van der Waals surface area contributed by atoms with Gasteiger partial charge in [0.15, 0.2) is 0 Å². The summed E-state index contributed by atoms with van der Waals surface area (Å²) in [6.07, 6.45) is 2.41. The molecule has 0 aromatic carbocycles. The van der Waals surface area contributed by atoms with Gasteiger partial charge in [-0.15, -0.1) is 11.3 Å². The first-order valence-corrected chi connectivity index (χ1v) is 12.2. The van der Waals surface area contributed by atoms with E-state index in [4.69, 9.17) is 11.6 Å². The molecule has 9 heteroatoms. The molecule has 0 aliphatic carbocycles. The van der Waals surface area contributed by atoms with Crippen molar-refractivity contribution in [3.05, 3.63) is 45.9 Å². The van der Waals surface area contributed by atoms with Crippen LogP contribution in [0.5, 0.6) is 0 Å². The smallest absolute Gasteiger partial charge is 0.246 e. The van der Waals surface area contributed by atoms with Gasteiger partial charge in [0, 0.05) is 30.1 Å². The highest BCUT2D eigenvalue weighted by Crippen LogP contribution is 2.36. The lowest BCUT2D eigenvalue weighted by Crippen LogP contribution is -2.45. The molecule has 2 aromatic heterocycles. The number of nitrogens with zero attached hydrogens (tertiary/aromatic N) is 2. The predicted octanol–water partition coefficient (Wildman–Crippen LogP) is 4.10. The Morgan fingerprint density at radius 3 is 2.52 bits per heavy atom. The second-order valence-corrected chi connectivity index (χ2v) is 11.5. The van der Waals surface area contributed by atoms with Gasteiger partial charge in [-0.1, -0.05) is 38.4 Å². The van der Waals surface area contributed by atoms with Crippen molar-refractivity contribution in [2.24, 2.45) is 11.3 Å². The Hall–Kier alpha value is -1.48. The first-order valence-electron chi connectivity index (χ1n) is 9.55. The highest BCUT2D eigenvalue weighted by molar-refractivity contribution is 7.89. The van der Waals surface area contributed by atoms with E-state index in [2.05, 4.69) is 31.1 Å². The van der Waals surface area contributed by atoms with Crippen molar-refractivity contribution in [1.29, 1.82) is 0 Å². The molecule has 3 heterocycles. The summed E-state index contributed by atoms with van der Waals surface area (Å²) < 4.78 is 27.1. The van der Waals surface area contributed by atoms with Gasteiger partial charge in [0.2, 0.25) is 15.9 Å². The summed E-state index contributed by atoms with van der Waals surface area (Å²) in [6.45, 7) is 6.87. The molecule has 0 radical (unpaired) electrons. The summed E-state index contributed by atoms with van der Waals surface area (Å²) in [5, 5.41) is 5.17. The molecule has 1 atom stereocenters. The molecular weight excluding hydrogens is 430 g/mol. The van der Waals surface area contributed by atoms with Crippen LogP contribution >= 0.6 is 22.9 Å². The SMILES string of the molecule is CC(C)(C)C(NC(=O)C1CCN(S(=O)(=O)c2cccnc2Cl)CC1)c1cccs1. The number of halogens is 1. The van der Waals surface area contributed by atoms with Gasteiger partial charge in [-0.05, 0) is 41.8 Å². The maximum absolute atomic E-state index is 12.9. The molecule has 1 amide bonds. The molecule has 0 bridgehead atoms. The van der Waals surface area contributed by atoms with Crippen molar-refractivity contribution in [2.45, 2.75) is 44.6 Å². The molecule has 1 N–H and O–H groups in total. The Kier molecular flexibility index (Phi) is 6.67. The Morgan fingerprint density at radius 1 is 1.28 bits per heavy atom. The molecule has 29 heavy (non-hydrogen) atoms. The van der Waals surface area contributed by atoms with Crippen LogP contribution in [0.4, 0.5) is 0 Å². The average molecular weight is 456 g/mol. The van der Waals surface area contributed by atoms with Crippen LogP contribution in [0.25, 0.3) is 0 Å². The average Bonchev–Trinajstić information content (AvgIpc) is 3.19. The first kappa shape index (κ1) is 22.2. The molecule has 6 nitrogen and oxygen atoms in total. The summed E-state index contributed by atoms with van der Waals surface area (Å²) in [5.74, 6) is -0.231. The van der Waals surface area contributed by atoms with E-state index in [9.17, 15) is 13.2 Å². The van der Waals surface area contributed by atoms with E-state index in [1.54, 1.807) is 17.4 Å². The number of thiophene rings is 1. The predicted molar refractivity (Wildman–Crippen MR) is 115 cm³/mol. The van der Waals surface area contributed by atoms with Gasteiger partial charge < -0.3 is 5.32 Å². The van der Waals surface area contributed by atoms with Gasteiger partial charge in [0.05, 0.1) is 6.04 Å². The van der Waals surface area contributed by atoms with E-state index in [-0.39, 0.29) is 46.4 Å². The van der Waals surface area contributed by atoms with Crippen LogP contribution in [-0.2, 0) is 14.8 Å². The lowest BCUT2D eigenvalue weighted by Gasteiger charge is -2.34. The zero-order chi connectivity index (χ0) is 21.2. The zero-order valence-corrected chi connectivity index (χ0v) is 19.1. The third kappa shape index (κ3) is 4.99. The number of pyridine rings is 1. The van der Waals surface area contributed by atoms with E-state index in [1.807, 2.05) is 17.5 Å². The van der Waals surface area contributed by atoms with Gasteiger partial charge in [-0.25, -0.2) is 13.4 Å². The molecule has 1 unspecified atom stereocenters. The summed E-state index contributed by atoms with van der Waals surface area (Å²) in [7, 11) is -3.71. The summed E-state index contributed by atoms with van der Waals surface area (Å²) in [6, 6.07) is 6.95. The zero-order valence-electron chi connectivity index (χ0n) is 16.8. The fourth-order valence-corrected chi connectivity index (χ4v) is 6.41. The Labute approximate surface area is 181 Å². The molecule has 3 rings (SSSR count). The highest BCUT2D eigenvalue weighted by atomic mass is 35.5. The number of nitrogens with one attached hydrogen (secondary N) is 1. The number of amides is 1. The summed E-state index contributed by atoms with van der Waals surface area (Å²) >= 11 is 7.60. The van der Waals surface area contributed by atoms with E-state index >= 15 is 0 Å². The number of hydrogen-bond donors (Lipinski definition) is 1. The van der Waals surface area contributed by atoms with Gasteiger partial charge >= 0.3 is 0 Å². The number of hydrogen-bond acceptors (Lipinski definition) is 5. The molecule has 1 saturated heterocycles. The van der Waals surface area contributed by atoms with E-state index in [0.717, 1.165) is 4.88 Å². The van der Waals surface area contributed by atoms with Crippen molar-refractivity contribution in [1.82, 2.24) is 14.6 Å². The number of sulfonamides is 1. The second kappa shape index (κ2) is 8.71. The highest BCUT2D eigenvalue weighted by Gasteiger charge is 2.35. The second-order valence-electron chi connectivity index (χ2n) is 8.29. The van der Waals surface area contributed by atoms with Crippen LogP contribution in [-0.4, -0.2) is 36.7 Å². The van der Waals surface area contributed by atoms with Crippen LogP contribution in [0.15, 0.2) is 40.7 Å². The Balaban J connectivity index is 1.66. The number of carbonyl (C=O) groups excluding carboxylic acids is 1. The topological polar surface area (TPSA) is 79.4 Å². The number of carbonyl (C=O) groups is 1.